The molecule has 1 fully saturated rings. The number of aliphatic hydroxyl groups is 1. The fourth-order valence-corrected chi connectivity index (χ4v) is 5.51. The molecule has 1 aliphatic carbocycles. The van der Waals surface area contributed by atoms with Crippen LogP contribution in [-0.2, 0) is 4.79 Å². The molecule has 0 radical (unpaired) electrons. The van der Waals surface area contributed by atoms with E-state index in [2.05, 4.69) is 4.90 Å². The third-order valence-electron chi connectivity index (χ3n) is 5.93. The Morgan fingerprint density at radius 2 is 2.03 bits per heavy atom. The molecule has 7 heteroatoms. The zero-order chi connectivity index (χ0) is 22.5. The molecule has 172 valence electrons. The van der Waals surface area contributed by atoms with Gasteiger partial charge in [0.25, 0.3) is 0 Å². The Labute approximate surface area is 194 Å². The van der Waals surface area contributed by atoms with E-state index in [4.69, 9.17) is 9.47 Å². The highest BCUT2D eigenvalue weighted by Crippen LogP contribution is 2.53. The van der Waals surface area contributed by atoms with Crippen LogP contribution in [0, 0.1) is 5.92 Å². The van der Waals surface area contributed by atoms with Gasteiger partial charge < -0.3 is 19.5 Å². The maximum absolute atomic E-state index is 12.6. The van der Waals surface area contributed by atoms with Crippen molar-refractivity contribution in [3.05, 3.63) is 48.0 Å². The number of hydrogen-bond donors (Lipinski definition) is 1. The number of amides is 1. The van der Waals surface area contributed by atoms with Crippen LogP contribution in [0.2, 0.25) is 0 Å². The van der Waals surface area contributed by atoms with Crippen LogP contribution in [0.4, 0.5) is 5.69 Å². The first-order valence-electron chi connectivity index (χ1n) is 11.3. The molecular formula is C25H32N2O4S. The summed E-state index contributed by atoms with van der Waals surface area (Å²) in [4.78, 5) is 17.8. The molecule has 0 saturated heterocycles. The number of thioether (sulfide) groups is 1. The lowest BCUT2D eigenvalue weighted by atomic mass is 10.1. The van der Waals surface area contributed by atoms with E-state index in [0.29, 0.717) is 6.61 Å². The topological polar surface area (TPSA) is 62.2 Å². The van der Waals surface area contributed by atoms with Gasteiger partial charge >= 0.3 is 0 Å². The van der Waals surface area contributed by atoms with Gasteiger partial charge in [0.05, 0.1) is 26.0 Å². The van der Waals surface area contributed by atoms with Gasteiger partial charge in [-0.15, -0.1) is 0 Å². The lowest BCUT2D eigenvalue weighted by Crippen LogP contribution is -2.31. The molecule has 1 N–H and O–H groups in total. The summed E-state index contributed by atoms with van der Waals surface area (Å²) >= 11 is 1.66. The molecule has 0 spiro atoms. The third kappa shape index (κ3) is 5.39. The largest absolute Gasteiger partial charge is 0.497 e. The Morgan fingerprint density at radius 3 is 2.75 bits per heavy atom. The number of carbonyl (C=O) groups is 1. The smallest absolute Gasteiger partial charge is 0.225 e. The monoisotopic (exact) mass is 456 g/mol. The highest BCUT2D eigenvalue weighted by molar-refractivity contribution is 8.00. The van der Waals surface area contributed by atoms with Gasteiger partial charge in [-0.3, -0.25) is 9.69 Å². The summed E-state index contributed by atoms with van der Waals surface area (Å²) in [6, 6.07) is 13.8. The highest BCUT2D eigenvalue weighted by atomic mass is 32.2. The van der Waals surface area contributed by atoms with E-state index in [1.54, 1.807) is 25.8 Å². The number of hydrogen-bond acceptors (Lipinski definition) is 6. The average Bonchev–Trinajstić information content (AvgIpc) is 3.52. The summed E-state index contributed by atoms with van der Waals surface area (Å²) in [5.41, 5.74) is 1.87. The molecule has 6 nitrogen and oxygen atoms in total. The number of rotatable bonds is 11. The van der Waals surface area contributed by atoms with Crippen LogP contribution in [0.1, 0.15) is 37.1 Å². The fraction of sp³-hybridized carbons (Fsp3) is 0.480. The number of methoxy groups -OCH3 is 1. The number of nitrogens with zero attached hydrogens (tertiary/aromatic N) is 2. The molecule has 2 aliphatic rings. The van der Waals surface area contributed by atoms with E-state index < -0.39 is 0 Å². The molecule has 0 aromatic heterocycles. The van der Waals surface area contributed by atoms with Crippen LogP contribution in [0.15, 0.2) is 47.4 Å². The Hall–Kier alpha value is -2.22. The van der Waals surface area contributed by atoms with Crippen LogP contribution >= 0.6 is 11.8 Å². The van der Waals surface area contributed by atoms with Gasteiger partial charge in [0.1, 0.15) is 16.9 Å². The van der Waals surface area contributed by atoms with Gasteiger partial charge in [0.2, 0.25) is 5.91 Å². The van der Waals surface area contributed by atoms with Crippen molar-refractivity contribution in [3.8, 4) is 11.5 Å². The molecule has 1 atom stereocenters. The van der Waals surface area contributed by atoms with E-state index in [9.17, 15) is 9.90 Å². The normalized spacial score (nSPS) is 17.5. The van der Waals surface area contributed by atoms with Gasteiger partial charge in [-0.2, -0.15) is 0 Å². The molecule has 2 aromatic carbocycles. The maximum Gasteiger partial charge on any atom is 0.225 e. The van der Waals surface area contributed by atoms with Crippen molar-refractivity contribution in [3.63, 3.8) is 0 Å². The second-order valence-corrected chi connectivity index (χ2v) is 9.52. The number of para-hydroxylation sites is 1. The molecule has 32 heavy (non-hydrogen) atoms. The number of benzene rings is 2. The molecule has 1 unspecified atom stereocenters. The molecule has 0 bridgehead atoms. The Bertz CT molecular complexity index is 934. The molecule has 2 aromatic rings. The van der Waals surface area contributed by atoms with E-state index in [0.717, 1.165) is 59.6 Å². The van der Waals surface area contributed by atoms with Crippen LogP contribution < -0.4 is 14.4 Å². The minimum Gasteiger partial charge on any atom is -0.497 e. The standard InChI is InChI=1S/C25H32N2O4S/c1-18(29)27-22-6-3-4-7-24(22)32-25(27)21-16-20(30-2)10-11-23(21)31-15-5-12-26(13-14-28)17-19-8-9-19/h3-4,6-7,10-11,16,19,25,28H,5,8-9,12-15,17H2,1-2H3. The first-order valence-corrected chi connectivity index (χ1v) is 12.2. The Balaban J connectivity index is 1.47. The van der Waals surface area contributed by atoms with E-state index in [1.807, 2.05) is 47.4 Å². The third-order valence-corrected chi connectivity index (χ3v) is 7.21. The molecule has 1 amide bonds. The summed E-state index contributed by atoms with van der Waals surface area (Å²) in [5, 5.41) is 9.14. The predicted octanol–water partition coefficient (Wildman–Crippen LogP) is 4.33. The van der Waals surface area contributed by atoms with Crippen LogP contribution in [0.3, 0.4) is 0 Å². The molecule has 4 rings (SSSR count). The first kappa shape index (κ1) is 23.0. The first-order chi connectivity index (χ1) is 15.6. The van der Waals surface area contributed by atoms with Crippen molar-refractivity contribution < 1.29 is 19.4 Å². The van der Waals surface area contributed by atoms with Crippen LogP contribution in [0.5, 0.6) is 11.5 Å². The van der Waals surface area contributed by atoms with Gasteiger partial charge in [-0.25, -0.2) is 0 Å². The lowest BCUT2D eigenvalue weighted by Gasteiger charge is -2.26. The summed E-state index contributed by atoms with van der Waals surface area (Å²) in [5.74, 6) is 2.32. The minimum absolute atomic E-state index is 0.000871. The number of aliphatic hydroxyl groups excluding tert-OH is 1. The minimum atomic E-state index is -0.198. The van der Waals surface area contributed by atoms with E-state index in [1.165, 1.54) is 12.8 Å². The van der Waals surface area contributed by atoms with Crippen molar-refractivity contribution in [2.45, 2.75) is 36.5 Å². The molecule has 1 saturated carbocycles. The number of carbonyl (C=O) groups excluding carboxylic acids is 1. The summed E-state index contributed by atoms with van der Waals surface area (Å²) in [7, 11) is 1.65. The SMILES string of the molecule is COc1ccc(OCCCN(CCO)CC2CC2)c(C2Sc3ccccc3N2C(C)=O)c1. The zero-order valence-corrected chi connectivity index (χ0v) is 19.6. The second kappa shape index (κ2) is 10.6. The van der Waals surface area contributed by atoms with Crippen molar-refractivity contribution in [2.75, 3.05) is 44.9 Å². The predicted molar refractivity (Wildman–Crippen MR) is 128 cm³/mol. The average molecular weight is 457 g/mol. The molecule has 1 aliphatic heterocycles. The summed E-state index contributed by atoms with van der Waals surface area (Å²) in [6.45, 7) is 5.07. The van der Waals surface area contributed by atoms with Gasteiger partial charge in [0.15, 0.2) is 0 Å². The maximum atomic E-state index is 12.6. The van der Waals surface area contributed by atoms with Gasteiger partial charge in [-0.05, 0) is 55.5 Å². The van der Waals surface area contributed by atoms with Gasteiger partial charge in [0, 0.05) is 37.0 Å². The van der Waals surface area contributed by atoms with Crippen molar-refractivity contribution in [1.82, 2.24) is 4.90 Å². The number of fused-ring (bicyclic) bond motifs is 1. The van der Waals surface area contributed by atoms with E-state index >= 15 is 0 Å². The Morgan fingerprint density at radius 1 is 1.22 bits per heavy atom. The number of anilines is 1. The van der Waals surface area contributed by atoms with Gasteiger partial charge in [-0.1, -0.05) is 23.9 Å². The van der Waals surface area contributed by atoms with Crippen molar-refractivity contribution in [1.29, 1.82) is 0 Å². The van der Waals surface area contributed by atoms with Crippen molar-refractivity contribution in [2.24, 2.45) is 5.92 Å². The van der Waals surface area contributed by atoms with Crippen molar-refractivity contribution >= 4 is 23.4 Å². The molecule has 1 heterocycles. The quantitative estimate of drug-likeness (QED) is 0.508. The Kier molecular flexibility index (Phi) is 7.60. The second-order valence-electron chi connectivity index (χ2n) is 8.40. The molecular weight excluding hydrogens is 424 g/mol. The van der Waals surface area contributed by atoms with E-state index in [-0.39, 0.29) is 17.9 Å². The van der Waals surface area contributed by atoms with Crippen LogP contribution in [0.25, 0.3) is 0 Å². The fourth-order valence-electron chi connectivity index (χ4n) is 4.14. The number of ether oxygens (including phenoxy) is 2. The summed E-state index contributed by atoms with van der Waals surface area (Å²) < 4.78 is 11.7. The lowest BCUT2D eigenvalue weighted by molar-refractivity contribution is -0.116. The highest BCUT2D eigenvalue weighted by Gasteiger charge is 2.35. The zero-order valence-electron chi connectivity index (χ0n) is 18.8. The summed E-state index contributed by atoms with van der Waals surface area (Å²) in [6.07, 6.45) is 3.50. The van der Waals surface area contributed by atoms with Crippen LogP contribution in [-0.4, -0.2) is 55.9 Å².